The topological polar surface area (TPSA) is 53.4 Å². The number of rotatable bonds is 6. The molecular formula is C16H26N2O2S. The Morgan fingerprint density at radius 3 is 2.52 bits per heavy atom. The molecule has 1 aromatic rings. The Balaban J connectivity index is 1.97. The lowest BCUT2D eigenvalue weighted by molar-refractivity contribution is 0.0700. The van der Waals surface area contributed by atoms with E-state index in [1.807, 2.05) is 0 Å². The van der Waals surface area contributed by atoms with Crippen LogP contribution in [0, 0.1) is 5.92 Å². The summed E-state index contributed by atoms with van der Waals surface area (Å²) >= 11 is 1.37. The van der Waals surface area contributed by atoms with E-state index in [9.17, 15) is 9.90 Å². The molecule has 118 valence electrons. The number of carboxylic acid groups (broad SMARTS) is 1. The quantitative estimate of drug-likeness (QED) is 0.874. The maximum absolute atomic E-state index is 11.3. The highest BCUT2D eigenvalue weighted by Crippen LogP contribution is 2.22. The molecule has 0 amide bonds. The molecule has 1 saturated heterocycles. The summed E-state index contributed by atoms with van der Waals surface area (Å²) in [5.74, 6) is -0.396. The smallest absolute Gasteiger partial charge is 0.347 e. The highest BCUT2D eigenvalue weighted by Gasteiger charge is 2.18. The van der Waals surface area contributed by atoms with E-state index in [4.69, 9.17) is 0 Å². The molecule has 0 spiro atoms. The molecule has 1 aliphatic heterocycles. The molecule has 0 radical (unpaired) electrons. The van der Waals surface area contributed by atoms with E-state index in [1.54, 1.807) is 0 Å². The molecule has 2 rings (SSSR count). The molecule has 0 aliphatic carbocycles. The summed E-state index contributed by atoms with van der Waals surface area (Å²) in [4.78, 5) is 18.9. The molecule has 0 aromatic carbocycles. The van der Waals surface area contributed by atoms with Crippen molar-refractivity contribution in [2.24, 2.45) is 5.92 Å². The SMILES string of the molecule is CC(C)Cc1nc(CCN2CCCCCC2)sc1C(=O)O. The van der Waals surface area contributed by atoms with Crippen LogP contribution in [-0.4, -0.2) is 40.6 Å². The van der Waals surface area contributed by atoms with Crippen molar-refractivity contribution in [3.05, 3.63) is 15.6 Å². The summed E-state index contributed by atoms with van der Waals surface area (Å²) in [5, 5.41) is 10.3. The van der Waals surface area contributed by atoms with Gasteiger partial charge < -0.3 is 10.0 Å². The third kappa shape index (κ3) is 5.08. The second-order valence-electron chi connectivity index (χ2n) is 6.29. The number of nitrogens with zero attached hydrogens (tertiary/aromatic N) is 2. The van der Waals surface area contributed by atoms with Gasteiger partial charge in [-0.2, -0.15) is 0 Å². The summed E-state index contributed by atoms with van der Waals surface area (Å²) < 4.78 is 0. The van der Waals surface area contributed by atoms with Crippen LogP contribution in [0.4, 0.5) is 0 Å². The number of thiazole rings is 1. The van der Waals surface area contributed by atoms with Crippen molar-refractivity contribution >= 4 is 17.3 Å². The van der Waals surface area contributed by atoms with Crippen LogP contribution in [0.25, 0.3) is 0 Å². The minimum absolute atomic E-state index is 0.434. The van der Waals surface area contributed by atoms with E-state index in [2.05, 4.69) is 23.7 Å². The molecule has 2 heterocycles. The lowest BCUT2D eigenvalue weighted by Gasteiger charge is -2.18. The lowest BCUT2D eigenvalue weighted by atomic mass is 10.1. The fraction of sp³-hybridized carbons (Fsp3) is 0.750. The van der Waals surface area contributed by atoms with Gasteiger partial charge in [0.2, 0.25) is 0 Å². The molecule has 0 unspecified atom stereocenters. The number of carbonyl (C=O) groups is 1. The summed E-state index contributed by atoms with van der Waals surface area (Å²) in [6, 6.07) is 0. The van der Waals surface area contributed by atoms with Crippen molar-refractivity contribution < 1.29 is 9.90 Å². The first-order valence-corrected chi connectivity index (χ1v) is 8.82. The van der Waals surface area contributed by atoms with Gasteiger partial charge in [-0.15, -0.1) is 11.3 Å². The van der Waals surface area contributed by atoms with Crippen molar-refractivity contribution in [3.8, 4) is 0 Å². The maximum atomic E-state index is 11.3. The third-order valence-corrected chi connectivity index (χ3v) is 5.02. The van der Waals surface area contributed by atoms with Gasteiger partial charge in [0, 0.05) is 13.0 Å². The standard InChI is InChI=1S/C16H26N2O2S/c1-12(2)11-13-15(16(19)20)21-14(17-13)7-10-18-8-5-3-4-6-9-18/h12H,3-11H2,1-2H3,(H,19,20). The molecule has 5 heteroatoms. The van der Waals surface area contributed by atoms with Gasteiger partial charge in [0.25, 0.3) is 0 Å². The van der Waals surface area contributed by atoms with E-state index >= 15 is 0 Å². The van der Waals surface area contributed by atoms with E-state index < -0.39 is 5.97 Å². The molecule has 0 bridgehead atoms. The number of hydrogen-bond acceptors (Lipinski definition) is 4. The molecule has 21 heavy (non-hydrogen) atoms. The lowest BCUT2D eigenvalue weighted by Crippen LogP contribution is -2.26. The van der Waals surface area contributed by atoms with Crippen LogP contribution in [-0.2, 0) is 12.8 Å². The van der Waals surface area contributed by atoms with Crippen molar-refractivity contribution in [1.29, 1.82) is 0 Å². The normalized spacial score (nSPS) is 17.1. The van der Waals surface area contributed by atoms with Gasteiger partial charge in [-0.25, -0.2) is 9.78 Å². The fourth-order valence-electron chi connectivity index (χ4n) is 2.81. The Labute approximate surface area is 131 Å². The Morgan fingerprint density at radius 1 is 1.29 bits per heavy atom. The van der Waals surface area contributed by atoms with Crippen LogP contribution in [0.5, 0.6) is 0 Å². The summed E-state index contributed by atoms with van der Waals surface area (Å²) in [5.41, 5.74) is 0.772. The average molecular weight is 310 g/mol. The predicted molar refractivity (Wildman–Crippen MR) is 86.2 cm³/mol. The minimum atomic E-state index is -0.829. The molecule has 1 fully saturated rings. The van der Waals surface area contributed by atoms with Gasteiger partial charge in [-0.05, 0) is 38.3 Å². The van der Waals surface area contributed by atoms with E-state index in [1.165, 1.54) is 50.1 Å². The van der Waals surface area contributed by atoms with Crippen LogP contribution >= 0.6 is 11.3 Å². The van der Waals surface area contributed by atoms with Gasteiger partial charge in [-0.3, -0.25) is 0 Å². The zero-order chi connectivity index (χ0) is 15.2. The monoisotopic (exact) mass is 310 g/mol. The van der Waals surface area contributed by atoms with E-state index in [0.29, 0.717) is 10.8 Å². The largest absolute Gasteiger partial charge is 0.477 e. The molecule has 4 nitrogen and oxygen atoms in total. The second-order valence-corrected chi connectivity index (χ2v) is 7.38. The average Bonchev–Trinajstić information content (AvgIpc) is 2.64. The van der Waals surface area contributed by atoms with Crippen molar-refractivity contribution in [2.45, 2.75) is 52.4 Å². The summed E-state index contributed by atoms with van der Waals surface area (Å²) in [6.45, 7) is 7.56. The second kappa shape index (κ2) is 7.90. The first-order valence-electron chi connectivity index (χ1n) is 8.00. The highest BCUT2D eigenvalue weighted by molar-refractivity contribution is 7.13. The Bertz CT molecular complexity index is 463. The Morgan fingerprint density at radius 2 is 1.95 bits per heavy atom. The van der Waals surface area contributed by atoms with Crippen LogP contribution in [0.3, 0.4) is 0 Å². The van der Waals surface area contributed by atoms with Crippen LogP contribution < -0.4 is 0 Å². The fourth-order valence-corrected chi connectivity index (χ4v) is 3.73. The van der Waals surface area contributed by atoms with E-state index in [0.717, 1.165) is 30.1 Å². The molecule has 1 aromatic heterocycles. The van der Waals surface area contributed by atoms with Crippen LogP contribution in [0.2, 0.25) is 0 Å². The third-order valence-electron chi connectivity index (χ3n) is 3.88. The van der Waals surface area contributed by atoms with Gasteiger partial charge in [0.05, 0.1) is 10.7 Å². The minimum Gasteiger partial charge on any atom is -0.477 e. The number of aromatic carboxylic acids is 1. The van der Waals surface area contributed by atoms with Crippen LogP contribution in [0.15, 0.2) is 0 Å². The van der Waals surface area contributed by atoms with Crippen molar-refractivity contribution in [2.75, 3.05) is 19.6 Å². The molecule has 0 atom stereocenters. The molecule has 0 saturated carbocycles. The van der Waals surface area contributed by atoms with Crippen molar-refractivity contribution in [3.63, 3.8) is 0 Å². The van der Waals surface area contributed by atoms with Gasteiger partial charge in [0.15, 0.2) is 0 Å². The number of aromatic nitrogens is 1. The number of likely N-dealkylation sites (tertiary alicyclic amines) is 1. The number of hydrogen-bond donors (Lipinski definition) is 1. The number of carboxylic acids is 1. The Hall–Kier alpha value is -0.940. The predicted octanol–water partition coefficient (Wildman–Crippen LogP) is 3.46. The zero-order valence-electron chi connectivity index (χ0n) is 13.1. The van der Waals surface area contributed by atoms with Gasteiger partial charge >= 0.3 is 5.97 Å². The first-order chi connectivity index (χ1) is 10.1. The summed E-state index contributed by atoms with van der Waals surface area (Å²) in [6.07, 6.45) is 6.89. The maximum Gasteiger partial charge on any atom is 0.347 e. The molecule has 1 N–H and O–H groups in total. The first kappa shape index (κ1) is 16.4. The van der Waals surface area contributed by atoms with Gasteiger partial charge in [-0.1, -0.05) is 26.7 Å². The summed E-state index contributed by atoms with van der Waals surface area (Å²) in [7, 11) is 0. The van der Waals surface area contributed by atoms with Crippen molar-refractivity contribution in [1.82, 2.24) is 9.88 Å². The van der Waals surface area contributed by atoms with Crippen LogP contribution in [0.1, 0.15) is 59.9 Å². The Kier molecular flexibility index (Phi) is 6.18. The molecule has 1 aliphatic rings. The zero-order valence-corrected chi connectivity index (χ0v) is 13.9. The van der Waals surface area contributed by atoms with Gasteiger partial charge in [0.1, 0.15) is 4.88 Å². The highest BCUT2D eigenvalue weighted by atomic mass is 32.1. The molecular weight excluding hydrogens is 284 g/mol. The van der Waals surface area contributed by atoms with E-state index in [-0.39, 0.29) is 0 Å².